The Kier molecular flexibility index (Phi) is 4.47. The summed E-state index contributed by atoms with van der Waals surface area (Å²) in [6.07, 6.45) is 1.29. The average molecular weight is 323 g/mol. The van der Waals surface area contributed by atoms with Gasteiger partial charge < -0.3 is 14.9 Å². The summed E-state index contributed by atoms with van der Waals surface area (Å²) >= 11 is 0. The van der Waals surface area contributed by atoms with Gasteiger partial charge in [0.25, 0.3) is 0 Å². The number of hydrogen-bond acceptors (Lipinski definition) is 4. The molecule has 1 fully saturated rings. The van der Waals surface area contributed by atoms with Crippen LogP contribution in [-0.2, 0) is 0 Å². The fraction of sp³-hybridized carbons (Fsp3) is 0.235. The first-order valence-electron chi connectivity index (χ1n) is 7.59. The summed E-state index contributed by atoms with van der Waals surface area (Å²) in [5.74, 6) is 0.473. The maximum atomic E-state index is 12.2. The van der Waals surface area contributed by atoms with Crippen molar-refractivity contribution in [1.82, 2.24) is 9.88 Å². The second-order valence-electron chi connectivity index (χ2n) is 5.43. The van der Waals surface area contributed by atoms with Crippen LogP contribution in [0, 0.1) is 6.57 Å². The maximum Gasteiger partial charge on any atom is 0.323 e. The third-order valence-corrected chi connectivity index (χ3v) is 3.89. The van der Waals surface area contributed by atoms with Gasteiger partial charge >= 0.3 is 6.03 Å². The van der Waals surface area contributed by atoms with E-state index in [-0.39, 0.29) is 11.8 Å². The van der Waals surface area contributed by atoms with Gasteiger partial charge in [-0.3, -0.25) is 5.32 Å². The Morgan fingerprint density at radius 1 is 1.12 bits per heavy atom. The molecular weight excluding hydrogens is 306 g/mol. The summed E-state index contributed by atoms with van der Waals surface area (Å²) in [5.41, 5.74) is 1.68. The highest BCUT2D eigenvalue weighted by molar-refractivity contribution is 5.88. The molecule has 7 nitrogen and oxygen atoms in total. The van der Waals surface area contributed by atoms with Gasteiger partial charge in [0.05, 0.1) is 12.8 Å². The van der Waals surface area contributed by atoms with Gasteiger partial charge in [-0.15, -0.1) is 0 Å². The van der Waals surface area contributed by atoms with Gasteiger partial charge in [0, 0.05) is 31.9 Å². The van der Waals surface area contributed by atoms with Crippen LogP contribution in [0.2, 0.25) is 0 Å². The number of nitrogens with one attached hydrogen (secondary N) is 1. The number of amides is 2. The van der Waals surface area contributed by atoms with Crippen molar-refractivity contribution in [3.63, 3.8) is 0 Å². The van der Waals surface area contributed by atoms with Crippen LogP contribution < -0.4 is 10.2 Å². The molecule has 0 unspecified atom stereocenters. The third kappa shape index (κ3) is 3.55. The maximum absolute atomic E-state index is 12.2. The number of pyridine rings is 1. The molecular formula is C17H17N5O2. The number of nitrogens with zero attached hydrogens (tertiary/aromatic N) is 4. The first-order chi connectivity index (χ1) is 11.7. The Balaban J connectivity index is 1.55. The minimum atomic E-state index is -0.198. The number of carbonyl (C=O) groups is 1. The van der Waals surface area contributed by atoms with Crippen molar-refractivity contribution in [2.45, 2.75) is 0 Å². The second kappa shape index (κ2) is 6.87. The number of aromatic hydroxyl groups is 1. The van der Waals surface area contributed by atoms with E-state index in [1.165, 1.54) is 12.3 Å². The highest BCUT2D eigenvalue weighted by atomic mass is 16.3. The van der Waals surface area contributed by atoms with Crippen LogP contribution in [0.3, 0.4) is 0 Å². The Morgan fingerprint density at radius 3 is 2.42 bits per heavy atom. The zero-order valence-corrected chi connectivity index (χ0v) is 13.0. The minimum absolute atomic E-state index is 0.0610. The molecule has 0 spiro atoms. The molecule has 2 heterocycles. The number of carbonyl (C=O) groups excluding carboxylic acids is 1. The number of rotatable bonds is 2. The lowest BCUT2D eigenvalue weighted by atomic mass is 10.2. The van der Waals surface area contributed by atoms with Crippen molar-refractivity contribution < 1.29 is 9.90 Å². The summed E-state index contributed by atoms with van der Waals surface area (Å²) in [6.45, 7) is 9.65. The fourth-order valence-corrected chi connectivity index (χ4v) is 2.55. The zero-order chi connectivity index (χ0) is 16.9. The molecule has 0 aliphatic carbocycles. The molecule has 1 saturated heterocycles. The van der Waals surface area contributed by atoms with Crippen molar-refractivity contribution in [2.75, 3.05) is 36.4 Å². The topological polar surface area (TPSA) is 73.1 Å². The average Bonchev–Trinajstić information content (AvgIpc) is 2.64. The molecule has 0 bridgehead atoms. The summed E-state index contributed by atoms with van der Waals surface area (Å²) < 4.78 is 0. The van der Waals surface area contributed by atoms with Gasteiger partial charge in [-0.2, -0.15) is 0 Å². The van der Waals surface area contributed by atoms with Crippen LogP contribution in [0.25, 0.3) is 4.85 Å². The molecule has 7 heteroatoms. The molecule has 3 rings (SSSR count). The van der Waals surface area contributed by atoms with E-state index in [9.17, 15) is 9.90 Å². The summed E-state index contributed by atoms with van der Waals surface area (Å²) in [7, 11) is 0. The lowest BCUT2D eigenvalue weighted by Crippen LogP contribution is -2.50. The zero-order valence-electron chi connectivity index (χ0n) is 13.0. The molecule has 1 aromatic carbocycles. The van der Waals surface area contributed by atoms with Crippen molar-refractivity contribution in [3.8, 4) is 5.75 Å². The highest BCUT2D eigenvalue weighted by Gasteiger charge is 2.21. The smallest absolute Gasteiger partial charge is 0.323 e. The summed E-state index contributed by atoms with van der Waals surface area (Å²) in [4.78, 5) is 23.5. The Labute approximate surface area is 140 Å². The van der Waals surface area contributed by atoms with Gasteiger partial charge in [-0.25, -0.2) is 14.6 Å². The van der Waals surface area contributed by atoms with Crippen molar-refractivity contribution in [1.29, 1.82) is 0 Å². The minimum Gasteiger partial charge on any atom is -0.506 e. The molecule has 122 valence electrons. The molecule has 24 heavy (non-hydrogen) atoms. The van der Waals surface area contributed by atoms with Crippen molar-refractivity contribution in [3.05, 3.63) is 54.0 Å². The van der Waals surface area contributed by atoms with E-state index in [1.54, 1.807) is 23.1 Å². The number of aromatic nitrogens is 1. The molecule has 0 radical (unpaired) electrons. The molecule has 2 amide bonds. The van der Waals surface area contributed by atoms with Gasteiger partial charge in [0.2, 0.25) is 0 Å². The van der Waals surface area contributed by atoms with Gasteiger partial charge in [0.1, 0.15) is 11.6 Å². The van der Waals surface area contributed by atoms with E-state index < -0.39 is 0 Å². The monoisotopic (exact) mass is 323 g/mol. The van der Waals surface area contributed by atoms with Crippen LogP contribution in [-0.4, -0.2) is 47.2 Å². The Bertz CT molecular complexity index is 744. The SMILES string of the molecule is [C-]#[N+]c1ccc(N2CCN(C(=O)Nc3ccc(O)cn3)CC2)cc1. The third-order valence-electron chi connectivity index (χ3n) is 3.89. The van der Waals surface area contributed by atoms with Crippen LogP contribution in [0.1, 0.15) is 0 Å². The van der Waals surface area contributed by atoms with E-state index in [1.807, 2.05) is 12.1 Å². The molecule has 2 aromatic rings. The highest BCUT2D eigenvalue weighted by Crippen LogP contribution is 2.21. The molecule has 1 aromatic heterocycles. The quantitative estimate of drug-likeness (QED) is 0.834. The van der Waals surface area contributed by atoms with E-state index in [0.29, 0.717) is 24.6 Å². The lowest BCUT2D eigenvalue weighted by Gasteiger charge is -2.36. The molecule has 0 atom stereocenters. The van der Waals surface area contributed by atoms with Crippen molar-refractivity contribution in [2.24, 2.45) is 0 Å². The predicted molar refractivity (Wildman–Crippen MR) is 91.4 cm³/mol. The van der Waals surface area contributed by atoms with E-state index in [2.05, 4.69) is 20.0 Å². The number of piperazine rings is 1. The first kappa shape index (κ1) is 15.6. The van der Waals surface area contributed by atoms with Gasteiger partial charge in [-0.1, -0.05) is 12.1 Å². The number of anilines is 2. The molecule has 2 N–H and O–H groups in total. The predicted octanol–water partition coefficient (Wildman–Crippen LogP) is 2.69. The summed E-state index contributed by atoms with van der Waals surface area (Å²) in [6, 6.07) is 10.3. The largest absolute Gasteiger partial charge is 0.506 e. The van der Waals surface area contributed by atoms with E-state index in [4.69, 9.17) is 6.57 Å². The molecule has 0 saturated carbocycles. The Morgan fingerprint density at radius 2 is 1.83 bits per heavy atom. The fourth-order valence-electron chi connectivity index (χ4n) is 2.55. The lowest BCUT2D eigenvalue weighted by molar-refractivity contribution is 0.208. The van der Waals surface area contributed by atoms with Gasteiger partial charge in [0.15, 0.2) is 5.69 Å². The summed E-state index contributed by atoms with van der Waals surface area (Å²) in [5, 5.41) is 11.9. The van der Waals surface area contributed by atoms with Crippen LogP contribution in [0.5, 0.6) is 5.75 Å². The number of hydrogen-bond donors (Lipinski definition) is 2. The number of urea groups is 1. The first-order valence-corrected chi connectivity index (χ1v) is 7.59. The van der Waals surface area contributed by atoms with Crippen LogP contribution in [0.4, 0.5) is 22.0 Å². The van der Waals surface area contributed by atoms with E-state index in [0.717, 1.165) is 18.8 Å². The van der Waals surface area contributed by atoms with Crippen LogP contribution in [0.15, 0.2) is 42.6 Å². The Hall–Kier alpha value is -3.27. The number of benzene rings is 1. The van der Waals surface area contributed by atoms with Crippen molar-refractivity contribution >= 4 is 23.2 Å². The second-order valence-corrected chi connectivity index (χ2v) is 5.43. The normalized spacial score (nSPS) is 14.1. The molecule has 1 aliphatic rings. The van der Waals surface area contributed by atoms with Gasteiger partial charge in [-0.05, 0) is 24.3 Å². The van der Waals surface area contributed by atoms with Crippen LogP contribution >= 0.6 is 0 Å². The molecule has 1 aliphatic heterocycles. The standard InChI is InChI=1S/C17H17N5O2/c1-18-13-2-4-14(5-3-13)21-8-10-22(11-9-21)17(24)20-16-7-6-15(23)12-19-16/h2-7,12,23H,8-11H2,(H,19,20,24). The van der Waals surface area contributed by atoms with E-state index >= 15 is 0 Å².